The first kappa shape index (κ1) is 53.3. The fourth-order valence-corrected chi connectivity index (χ4v) is 5.58. The molecule has 3 aliphatic rings. The van der Waals surface area contributed by atoms with Gasteiger partial charge in [-0.25, -0.2) is 4.79 Å². The first-order valence-corrected chi connectivity index (χ1v) is 21.1. The van der Waals surface area contributed by atoms with Crippen LogP contribution in [0.5, 0.6) is 0 Å². The van der Waals surface area contributed by atoms with E-state index < -0.39 is 41.4 Å². The molecule has 0 radical (unpaired) electrons. The molecule has 0 aromatic carbocycles. The summed E-state index contributed by atoms with van der Waals surface area (Å²) in [6.07, 6.45) is 4.68. The number of hydrogen-bond acceptors (Lipinski definition) is 19. The lowest BCUT2D eigenvalue weighted by Crippen LogP contribution is -2.40. The van der Waals surface area contributed by atoms with Crippen LogP contribution in [0.15, 0.2) is 24.3 Å². The van der Waals surface area contributed by atoms with E-state index in [9.17, 15) is 43.2 Å². The molecule has 0 unspecified atom stereocenters. The van der Waals surface area contributed by atoms with Crippen molar-refractivity contribution in [2.45, 2.75) is 25.7 Å². The molecule has 0 aromatic rings. The summed E-state index contributed by atoms with van der Waals surface area (Å²) in [4.78, 5) is 115. The first-order chi connectivity index (χ1) is 31.0. The summed E-state index contributed by atoms with van der Waals surface area (Å²) >= 11 is 0. The average molecular weight is 913 g/mol. The number of carbonyl (C=O) groups is 9. The lowest BCUT2D eigenvalue weighted by Gasteiger charge is -2.22. The first-order valence-electron chi connectivity index (χ1n) is 21.1. The Kier molecular flexibility index (Phi) is 27.1. The molecular formula is C40H60N6O18. The minimum atomic E-state index is -0.772. The summed E-state index contributed by atoms with van der Waals surface area (Å²) in [6.45, 7) is 5.83. The van der Waals surface area contributed by atoms with Gasteiger partial charge in [-0.2, -0.15) is 0 Å². The molecule has 24 nitrogen and oxygen atoms in total. The molecular weight excluding hydrogens is 852 g/mol. The maximum Gasteiger partial charge on any atom is 0.347 e. The van der Waals surface area contributed by atoms with Crippen LogP contribution in [0.3, 0.4) is 0 Å². The third-order valence-electron chi connectivity index (χ3n) is 8.95. The van der Waals surface area contributed by atoms with Gasteiger partial charge < -0.3 is 53.4 Å². The normalized spacial score (nSPS) is 14.9. The summed E-state index contributed by atoms with van der Waals surface area (Å²) in [5.74, 6) is -4.21. The molecule has 1 fully saturated rings. The van der Waals surface area contributed by atoms with Gasteiger partial charge in [-0.3, -0.25) is 53.1 Å². The monoisotopic (exact) mass is 912 g/mol. The average Bonchev–Trinajstić information content (AvgIpc) is 3.90. The van der Waals surface area contributed by atoms with Crippen LogP contribution < -0.4 is 10.6 Å². The number of ether oxygens (including phenoxy) is 8. The number of carbonyl (C=O) groups excluding carboxylic acids is 9. The summed E-state index contributed by atoms with van der Waals surface area (Å²) in [6, 6.07) is 0. The Morgan fingerprint density at radius 2 is 0.781 bits per heavy atom. The van der Waals surface area contributed by atoms with Gasteiger partial charge in [0.2, 0.25) is 11.8 Å². The summed E-state index contributed by atoms with van der Waals surface area (Å²) in [7, 11) is 0. The molecule has 0 bridgehead atoms. The molecule has 3 heterocycles. The molecule has 0 spiro atoms. The zero-order valence-corrected chi connectivity index (χ0v) is 36.0. The van der Waals surface area contributed by atoms with Gasteiger partial charge >= 0.3 is 5.97 Å². The van der Waals surface area contributed by atoms with Crippen molar-refractivity contribution >= 4 is 53.2 Å². The van der Waals surface area contributed by atoms with Crippen LogP contribution in [0.2, 0.25) is 0 Å². The highest BCUT2D eigenvalue weighted by Crippen LogP contribution is 2.12. The number of hydroxylamine groups is 2. The molecule has 1 saturated heterocycles. The van der Waals surface area contributed by atoms with E-state index in [1.54, 1.807) is 4.90 Å². The Labute approximate surface area is 370 Å². The third kappa shape index (κ3) is 23.0. The minimum Gasteiger partial charge on any atom is -0.378 e. The zero-order chi connectivity index (χ0) is 46.2. The predicted molar refractivity (Wildman–Crippen MR) is 217 cm³/mol. The van der Waals surface area contributed by atoms with Crippen LogP contribution in [0, 0.1) is 0 Å². The van der Waals surface area contributed by atoms with Crippen molar-refractivity contribution in [3.63, 3.8) is 0 Å². The van der Waals surface area contributed by atoms with Crippen molar-refractivity contribution < 1.29 is 85.9 Å². The van der Waals surface area contributed by atoms with Crippen LogP contribution in [0.4, 0.5) is 0 Å². The molecule has 0 aromatic heterocycles. The van der Waals surface area contributed by atoms with Gasteiger partial charge in [-0.1, -0.05) is 0 Å². The Balaban J connectivity index is 1.12. The van der Waals surface area contributed by atoms with Gasteiger partial charge in [0.25, 0.3) is 35.4 Å². The van der Waals surface area contributed by atoms with Crippen molar-refractivity contribution in [3.05, 3.63) is 24.3 Å². The molecule has 0 aliphatic carbocycles. The van der Waals surface area contributed by atoms with Crippen molar-refractivity contribution in [1.82, 2.24) is 30.4 Å². The molecule has 64 heavy (non-hydrogen) atoms. The summed E-state index contributed by atoms with van der Waals surface area (Å²) in [5.41, 5.74) is 0. The molecule has 3 aliphatic heterocycles. The molecule has 2 N–H and O–H groups in total. The van der Waals surface area contributed by atoms with E-state index in [-0.39, 0.29) is 110 Å². The van der Waals surface area contributed by atoms with Crippen LogP contribution in [0.1, 0.15) is 25.7 Å². The fraction of sp³-hybridized carbons (Fsp3) is 0.675. The van der Waals surface area contributed by atoms with E-state index in [1.807, 2.05) is 0 Å². The van der Waals surface area contributed by atoms with Gasteiger partial charge in [-0.05, 0) is 0 Å². The zero-order valence-electron chi connectivity index (χ0n) is 36.0. The van der Waals surface area contributed by atoms with Gasteiger partial charge in [-0.15, -0.1) is 5.06 Å². The topological polar surface area (TPSA) is 274 Å². The second-order valence-electron chi connectivity index (χ2n) is 13.7. The molecule has 8 amide bonds. The second kappa shape index (κ2) is 32.6. The van der Waals surface area contributed by atoms with Crippen LogP contribution in [0.25, 0.3) is 0 Å². The third-order valence-corrected chi connectivity index (χ3v) is 8.95. The Morgan fingerprint density at radius 1 is 0.469 bits per heavy atom. The number of amides is 8. The molecule has 24 heteroatoms. The highest BCUT2D eigenvalue weighted by molar-refractivity contribution is 6.13. The van der Waals surface area contributed by atoms with E-state index in [0.717, 1.165) is 9.80 Å². The van der Waals surface area contributed by atoms with Crippen LogP contribution in [-0.2, 0) is 85.9 Å². The highest BCUT2D eigenvalue weighted by Gasteiger charge is 2.33. The van der Waals surface area contributed by atoms with Gasteiger partial charge in [0.05, 0.1) is 112 Å². The van der Waals surface area contributed by atoms with Gasteiger partial charge in [0.15, 0.2) is 0 Å². The Hall–Kier alpha value is -5.05. The van der Waals surface area contributed by atoms with Gasteiger partial charge in [0, 0.05) is 89.3 Å². The molecule has 0 saturated carbocycles. The maximum atomic E-state index is 12.6. The van der Waals surface area contributed by atoms with Gasteiger partial charge in [0.1, 0.15) is 0 Å². The molecule has 0 atom stereocenters. The van der Waals surface area contributed by atoms with Crippen molar-refractivity contribution in [2.24, 2.45) is 0 Å². The van der Waals surface area contributed by atoms with Crippen LogP contribution in [-0.4, -0.2) is 225 Å². The second-order valence-corrected chi connectivity index (χ2v) is 13.7. The summed E-state index contributed by atoms with van der Waals surface area (Å²) in [5, 5.41) is 5.82. The van der Waals surface area contributed by atoms with E-state index in [1.165, 1.54) is 24.3 Å². The minimum absolute atomic E-state index is 0.00996. The Morgan fingerprint density at radius 3 is 1.12 bits per heavy atom. The number of rotatable bonds is 39. The van der Waals surface area contributed by atoms with Crippen molar-refractivity contribution in [2.75, 3.05) is 152 Å². The number of nitrogens with one attached hydrogen (secondary N) is 2. The number of hydrogen-bond donors (Lipinski definition) is 2. The van der Waals surface area contributed by atoms with Crippen LogP contribution >= 0.6 is 0 Å². The lowest BCUT2D eigenvalue weighted by molar-refractivity contribution is -0.198. The lowest BCUT2D eigenvalue weighted by atomic mass is 10.3. The highest BCUT2D eigenvalue weighted by atomic mass is 16.7. The molecule has 3 rings (SSSR count). The summed E-state index contributed by atoms with van der Waals surface area (Å²) < 4.78 is 44.1. The van der Waals surface area contributed by atoms with E-state index in [2.05, 4.69) is 10.6 Å². The van der Waals surface area contributed by atoms with Crippen molar-refractivity contribution in [3.8, 4) is 0 Å². The standard InChI is InChI=1S/C40H60N6O18/c47-32(7-11-44-34(49)1-2-35(44)50)41-9-15-56-19-23-60-27-29-62-25-21-58-17-13-43(31-40(55)64-46-38(53)5-6-39(46)54)14-18-59-22-26-63-30-28-61-24-20-57-16-10-42-33(48)8-12-45-36(51)3-4-37(45)52/h1-4H,5-31H2,(H,41,47)(H,42,48). The number of imide groups is 3. The smallest absolute Gasteiger partial charge is 0.347 e. The maximum absolute atomic E-state index is 12.6. The van der Waals surface area contributed by atoms with E-state index in [0.29, 0.717) is 84.2 Å². The fourth-order valence-electron chi connectivity index (χ4n) is 5.58. The SMILES string of the molecule is O=C(CCN1C(=O)C=CC1=O)NCCOCCOCCOCCOCCN(CCOCCOCCOCCOCCNC(=O)CCN1C(=O)C=CC1=O)CC(=O)ON1C(=O)CCC1=O. The van der Waals surface area contributed by atoms with Crippen molar-refractivity contribution in [1.29, 1.82) is 0 Å². The largest absolute Gasteiger partial charge is 0.378 e. The Bertz CT molecular complexity index is 1450. The van der Waals surface area contributed by atoms with E-state index >= 15 is 0 Å². The number of nitrogens with zero attached hydrogens (tertiary/aromatic N) is 4. The quantitative estimate of drug-likeness (QED) is 0.0456. The van der Waals surface area contributed by atoms with E-state index in [4.69, 9.17) is 42.7 Å². The predicted octanol–water partition coefficient (Wildman–Crippen LogP) is -3.11. The molecule has 358 valence electrons.